The van der Waals surface area contributed by atoms with E-state index in [4.69, 9.17) is 5.73 Å². The molecule has 0 aliphatic carbocycles. The maximum absolute atomic E-state index is 6.33. The summed E-state index contributed by atoms with van der Waals surface area (Å²) in [7, 11) is 2.24. The quantitative estimate of drug-likeness (QED) is 0.753. The molecule has 0 spiro atoms. The zero-order valence-corrected chi connectivity index (χ0v) is 16.5. The number of hydrogen-bond donors (Lipinski definition) is 1. The molecule has 2 aliphatic heterocycles. The number of likely N-dealkylation sites (tertiary alicyclic amines) is 1. The molecule has 2 saturated heterocycles. The van der Waals surface area contributed by atoms with Crippen LogP contribution in [0.4, 0.5) is 0 Å². The summed E-state index contributed by atoms with van der Waals surface area (Å²) in [6.45, 7) is 8.58. The summed E-state index contributed by atoms with van der Waals surface area (Å²) in [4.78, 5) is 9.12. The minimum absolute atomic E-state index is 0.289. The van der Waals surface area contributed by atoms with E-state index in [0.29, 0.717) is 0 Å². The fourth-order valence-corrected chi connectivity index (χ4v) is 4.79. The lowest BCUT2D eigenvalue weighted by molar-refractivity contribution is 0.0638. The van der Waals surface area contributed by atoms with Gasteiger partial charge in [-0.3, -0.25) is 4.90 Å². The molecule has 2 heterocycles. The molecule has 5 heteroatoms. The largest absolute Gasteiger partial charge is 0.327 e. The van der Waals surface area contributed by atoms with Crippen molar-refractivity contribution in [2.24, 2.45) is 5.73 Å². The number of piperazine rings is 1. The van der Waals surface area contributed by atoms with E-state index in [-0.39, 0.29) is 6.04 Å². The number of rotatable bonds is 7. The van der Waals surface area contributed by atoms with Gasteiger partial charge in [-0.1, -0.05) is 18.2 Å². The standard InChI is InChI=1S/C20H34N4S/c1-22-10-8-19(9-11-22)24-15-13-23(14-16-24)12-7-18(21)17-25-20-5-3-2-4-6-20/h2-6,18-19H,7-17,21H2,1H3/t18-/m1/s1. The molecule has 2 aliphatic rings. The molecule has 0 radical (unpaired) electrons. The van der Waals surface area contributed by atoms with Crippen molar-refractivity contribution < 1.29 is 0 Å². The molecular formula is C20H34N4S. The number of thioether (sulfide) groups is 1. The fourth-order valence-electron chi connectivity index (χ4n) is 3.86. The smallest absolute Gasteiger partial charge is 0.0146 e. The van der Waals surface area contributed by atoms with Crippen molar-refractivity contribution in [2.75, 3.05) is 58.6 Å². The first-order chi connectivity index (χ1) is 12.2. The Bertz CT molecular complexity index is 482. The highest BCUT2D eigenvalue weighted by atomic mass is 32.2. The van der Waals surface area contributed by atoms with Gasteiger partial charge in [0.25, 0.3) is 0 Å². The Kier molecular flexibility index (Phi) is 7.62. The van der Waals surface area contributed by atoms with E-state index in [1.54, 1.807) is 0 Å². The Morgan fingerprint density at radius 2 is 1.72 bits per heavy atom. The highest BCUT2D eigenvalue weighted by Crippen LogP contribution is 2.19. The lowest BCUT2D eigenvalue weighted by Gasteiger charge is -2.42. The van der Waals surface area contributed by atoms with Crippen LogP contribution < -0.4 is 5.73 Å². The van der Waals surface area contributed by atoms with Gasteiger partial charge in [0, 0.05) is 48.9 Å². The van der Waals surface area contributed by atoms with E-state index in [1.807, 2.05) is 11.8 Å². The first-order valence-corrected chi connectivity index (χ1v) is 10.8. The molecule has 2 N–H and O–H groups in total. The molecule has 140 valence electrons. The van der Waals surface area contributed by atoms with Crippen LogP contribution in [0, 0.1) is 0 Å². The average Bonchev–Trinajstić information content (AvgIpc) is 2.67. The number of piperidine rings is 1. The first kappa shape index (κ1) is 19.2. The van der Waals surface area contributed by atoms with E-state index < -0.39 is 0 Å². The SMILES string of the molecule is CN1CCC(N2CCN(CC[C@@H](N)CSc3ccccc3)CC2)CC1. The molecule has 0 bridgehead atoms. The topological polar surface area (TPSA) is 35.7 Å². The molecule has 0 amide bonds. The van der Waals surface area contributed by atoms with E-state index in [2.05, 4.69) is 52.1 Å². The molecular weight excluding hydrogens is 328 g/mol. The zero-order chi connectivity index (χ0) is 17.5. The van der Waals surface area contributed by atoms with Crippen molar-refractivity contribution in [1.82, 2.24) is 14.7 Å². The van der Waals surface area contributed by atoms with Crippen molar-refractivity contribution in [3.05, 3.63) is 30.3 Å². The minimum atomic E-state index is 0.289. The Morgan fingerprint density at radius 3 is 2.40 bits per heavy atom. The number of nitrogens with zero attached hydrogens (tertiary/aromatic N) is 3. The summed E-state index contributed by atoms with van der Waals surface area (Å²) in [6.07, 6.45) is 3.80. The molecule has 1 atom stereocenters. The minimum Gasteiger partial charge on any atom is -0.327 e. The average molecular weight is 363 g/mol. The van der Waals surface area contributed by atoms with E-state index >= 15 is 0 Å². The highest BCUT2D eigenvalue weighted by Gasteiger charge is 2.26. The fraction of sp³-hybridized carbons (Fsp3) is 0.700. The number of hydrogen-bond acceptors (Lipinski definition) is 5. The van der Waals surface area contributed by atoms with Crippen molar-refractivity contribution in [3.8, 4) is 0 Å². The van der Waals surface area contributed by atoms with Crippen LogP contribution in [-0.4, -0.2) is 85.4 Å². The Labute approximate surface area is 157 Å². The van der Waals surface area contributed by atoms with Gasteiger partial charge in [-0.25, -0.2) is 0 Å². The van der Waals surface area contributed by atoms with Crippen LogP contribution in [0.3, 0.4) is 0 Å². The summed E-state index contributed by atoms with van der Waals surface area (Å²) < 4.78 is 0. The maximum Gasteiger partial charge on any atom is 0.0146 e. The van der Waals surface area contributed by atoms with Crippen LogP contribution in [0.15, 0.2) is 35.2 Å². The summed E-state index contributed by atoms with van der Waals surface area (Å²) in [5.41, 5.74) is 6.33. The molecule has 1 aromatic rings. The zero-order valence-electron chi connectivity index (χ0n) is 15.6. The normalized spacial score (nSPS) is 23.0. The van der Waals surface area contributed by atoms with Gasteiger partial charge in [-0.2, -0.15) is 0 Å². The molecule has 3 rings (SSSR count). The molecule has 0 unspecified atom stereocenters. The van der Waals surface area contributed by atoms with Gasteiger partial charge in [0.2, 0.25) is 0 Å². The molecule has 0 aromatic heterocycles. The third-order valence-corrected chi connectivity index (χ3v) is 6.84. The Balaban J connectivity index is 1.30. The monoisotopic (exact) mass is 362 g/mol. The van der Waals surface area contributed by atoms with Crippen LogP contribution in [-0.2, 0) is 0 Å². The van der Waals surface area contributed by atoms with Crippen molar-refractivity contribution in [1.29, 1.82) is 0 Å². The summed E-state index contributed by atoms with van der Waals surface area (Å²) in [6, 6.07) is 11.7. The van der Waals surface area contributed by atoms with Gasteiger partial charge in [0.15, 0.2) is 0 Å². The highest BCUT2D eigenvalue weighted by molar-refractivity contribution is 7.99. The molecule has 1 aromatic carbocycles. The van der Waals surface area contributed by atoms with Gasteiger partial charge in [0.05, 0.1) is 0 Å². The molecule has 25 heavy (non-hydrogen) atoms. The number of nitrogens with two attached hydrogens (primary N) is 1. The first-order valence-electron chi connectivity index (χ1n) is 9.79. The van der Waals surface area contributed by atoms with Gasteiger partial charge < -0.3 is 15.5 Å². The lowest BCUT2D eigenvalue weighted by Crippen LogP contribution is -2.53. The van der Waals surface area contributed by atoms with Crippen LogP contribution in [0.5, 0.6) is 0 Å². The van der Waals surface area contributed by atoms with Crippen LogP contribution >= 0.6 is 11.8 Å². The van der Waals surface area contributed by atoms with Crippen LogP contribution in [0.25, 0.3) is 0 Å². The second kappa shape index (κ2) is 9.93. The molecule has 2 fully saturated rings. The predicted molar refractivity (Wildman–Crippen MR) is 108 cm³/mol. The maximum atomic E-state index is 6.33. The third kappa shape index (κ3) is 6.26. The molecule has 4 nitrogen and oxygen atoms in total. The Hall–Kier alpha value is -0.590. The second-order valence-corrected chi connectivity index (χ2v) is 8.68. The summed E-state index contributed by atoms with van der Waals surface area (Å²) in [5.74, 6) is 1.01. The van der Waals surface area contributed by atoms with Gasteiger partial charge in [-0.05, 0) is 58.1 Å². The van der Waals surface area contributed by atoms with Crippen molar-refractivity contribution in [2.45, 2.75) is 36.2 Å². The van der Waals surface area contributed by atoms with Gasteiger partial charge in [0.1, 0.15) is 0 Å². The summed E-state index contributed by atoms with van der Waals surface area (Å²) in [5, 5.41) is 0. The second-order valence-electron chi connectivity index (χ2n) is 7.58. The lowest BCUT2D eigenvalue weighted by atomic mass is 10.0. The van der Waals surface area contributed by atoms with E-state index in [9.17, 15) is 0 Å². The predicted octanol–water partition coefficient (Wildman–Crippen LogP) is 2.21. The van der Waals surface area contributed by atoms with Crippen molar-refractivity contribution in [3.63, 3.8) is 0 Å². The number of benzene rings is 1. The van der Waals surface area contributed by atoms with Gasteiger partial charge >= 0.3 is 0 Å². The van der Waals surface area contributed by atoms with Crippen molar-refractivity contribution >= 4 is 11.8 Å². The third-order valence-electron chi connectivity index (χ3n) is 5.63. The van der Waals surface area contributed by atoms with Gasteiger partial charge in [-0.15, -0.1) is 11.8 Å². The van der Waals surface area contributed by atoms with Crippen LogP contribution in [0.1, 0.15) is 19.3 Å². The van der Waals surface area contributed by atoms with Crippen LogP contribution in [0.2, 0.25) is 0 Å². The molecule has 0 saturated carbocycles. The van der Waals surface area contributed by atoms with E-state index in [1.165, 1.54) is 57.0 Å². The summed E-state index contributed by atoms with van der Waals surface area (Å²) >= 11 is 1.88. The Morgan fingerprint density at radius 1 is 1.04 bits per heavy atom. The van der Waals surface area contributed by atoms with E-state index in [0.717, 1.165) is 24.8 Å².